The lowest BCUT2D eigenvalue weighted by molar-refractivity contribution is -0.129. The zero-order valence-electron chi connectivity index (χ0n) is 13.6. The summed E-state index contributed by atoms with van der Waals surface area (Å²) in [6.45, 7) is 2.08. The summed E-state index contributed by atoms with van der Waals surface area (Å²) in [7, 11) is 0. The van der Waals surface area contributed by atoms with Crippen molar-refractivity contribution in [3.63, 3.8) is 0 Å². The summed E-state index contributed by atoms with van der Waals surface area (Å²) < 4.78 is 0. The Morgan fingerprint density at radius 2 is 1.76 bits per heavy atom. The average Bonchev–Trinajstić information content (AvgIpc) is 2.56. The largest absolute Gasteiger partial charge is 0.338 e. The van der Waals surface area contributed by atoms with Crippen LogP contribution in [0.15, 0.2) is 42.5 Å². The van der Waals surface area contributed by atoms with Gasteiger partial charge in [-0.25, -0.2) is 0 Å². The van der Waals surface area contributed by atoms with E-state index in [9.17, 15) is 9.59 Å². The Morgan fingerprint density at radius 3 is 2.44 bits per heavy atom. The number of carbonyl (C=O) groups is 2. The lowest BCUT2D eigenvalue weighted by Crippen LogP contribution is -2.31. The summed E-state index contributed by atoms with van der Waals surface area (Å²) in [6.07, 6.45) is 0.132. The summed E-state index contributed by atoms with van der Waals surface area (Å²) in [5, 5.41) is 4.16. The molecule has 0 aromatic heterocycles. The third-order valence-corrected chi connectivity index (χ3v) is 4.51. The third-order valence-electron chi connectivity index (χ3n) is 3.58. The molecule has 25 heavy (non-hydrogen) atoms. The molecule has 2 aromatic rings. The highest BCUT2D eigenvalue weighted by molar-refractivity contribution is 6.35. The van der Waals surface area contributed by atoms with Crippen LogP contribution in [0, 0.1) is 0 Å². The van der Waals surface area contributed by atoms with E-state index >= 15 is 0 Å². The summed E-state index contributed by atoms with van der Waals surface area (Å²) in [4.78, 5) is 25.6. The van der Waals surface area contributed by atoms with Crippen LogP contribution in [0.4, 0.5) is 5.69 Å². The second-order valence-electron chi connectivity index (χ2n) is 5.45. The number of anilines is 1. The van der Waals surface area contributed by atoms with Crippen molar-refractivity contribution in [3.8, 4) is 0 Å². The Bertz CT molecular complexity index is 781. The molecule has 2 aromatic carbocycles. The predicted molar refractivity (Wildman–Crippen MR) is 102 cm³/mol. The zero-order chi connectivity index (χ0) is 18.4. The van der Waals surface area contributed by atoms with Gasteiger partial charge in [0.1, 0.15) is 0 Å². The van der Waals surface area contributed by atoms with Gasteiger partial charge in [0, 0.05) is 36.5 Å². The Balaban J connectivity index is 1.96. The van der Waals surface area contributed by atoms with Crippen molar-refractivity contribution in [3.05, 3.63) is 63.1 Å². The fourth-order valence-corrected chi connectivity index (χ4v) is 2.75. The topological polar surface area (TPSA) is 49.4 Å². The molecule has 0 saturated carbocycles. The smallest absolute Gasteiger partial charge is 0.226 e. The van der Waals surface area contributed by atoms with E-state index in [4.69, 9.17) is 34.8 Å². The van der Waals surface area contributed by atoms with Crippen molar-refractivity contribution < 1.29 is 9.59 Å². The van der Waals surface area contributed by atoms with E-state index in [1.54, 1.807) is 29.2 Å². The van der Waals surface area contributed by atoms with Crippen LogP contribution >= 0.6 is 34.8 Å². The van der Waals surface area contributed by atoms with E-state index in [-0.39, 0.29) is 24.8 Å². The van der Waals surface area contributed by atoms with Gasteiger partial charge in [0.2, 0.25) is 11.8 Å². The lowest BCUT2D eigenvalue weighted by atomic mass is 10.2. The first-order valence-electron chi connectivity index (χ1n) is 7.60. The second-order valence-corrected chi connectivity index (χ2v) is 6.71. The number of amides is 2. The van der Waals surface area contributed by atoms with Gasteiger partial charge in [-0.05, 0) is 29.8 Å². The molecule has 0 bridgehead atoms. The molecule has 0 atom stereocenters. The van der Waals surface area contributed by atoms with Crippen LogP contribution in [0.3, 0.4) is 0 Å². The highest BCUT2D eigenvalue weighted by Crippen LogP contribution is 2.25. The molecule has 0 radical (unpaired) electrons. The van der Waals surface area contributed by atoms with Crippen LogP contribution in [0.1, 0.15) is 18.9 Å². The van der Waals surface area contributed by atoms with E-state index in [1.807, 2.05) is 18.2 Å². The minimum atomic E-state index is -0.255. The van der Waals surface area contributed by atoms with Crippen molar-refractivity contribution >= 4 is 52.3 Å². The van der Waals surface area contributed by atoms with Crippen LogP contribution in [0.5, 0.6) is 0 Å². The van der Waals surface area contributed by atoms with Gasteiger partial charge in [0.25, 0.3) is 0 Å². The maximum atomic E-state index is 12.1. The summed E-state index contributed by atoms with van der Waals surface area (Å²) in [5.74, 6) is -0.386. The zero-order valence-corrected chi connectivity index (χ0v) is 15.8. The fraction of sp³-hybridized carbons (Fsp3) is 0.222. The molecule has 0 saturated heterocycles. The highest BCUT2D eigenvalue weighted by atomic mass is 35.5. The minimum Gasteiger partial charge on any atom is -0.338 e. The quantitative estimate of drug-likeness (QED) is 0.741. The SMILES string of the molecule is CC(=O)N(CCC(=O)Nc1cc(Cl)ccc1Cl)Cc1ccccc1Cl. The lowest BCUT2D eigenvalue weighted by Gasteiger charge is -2.21. The molecule has 7 heteroatoms. The molecule has 132 valence electrons. The molecule has 0 heterocycles. The van der Waals surface area contributed by atoms with Gasteiger partial charge in [-0.3, -0.25) is 9.59 Å². The first kappa shape index (κ1) is 19.6. The number of nitrogens with one attached hydrogen (secondary N) is 1. The first-order chi connectivity index (χ1) is 11.9. The van der Waals surface area contributed by atoms with E-state index in [0.717, 1.165) is 5.56 Å². The van der Waals surface area contributed by atoms with Gasteiger partial charge >= 0.3 is 0 Å². The molecular formula is C18H17Cl3N2O2. The van der Waals surface area contributed by atoms with Crippen molar-refractivity contribution in [2.24, 2.45) is 0 Å². The van der Waals surface area contributed by atoms with E-state index in [1.165, 1.54) is 6.92 Å². The number of rotatable bonds is 6. The monoisotopic (exact) mass is 398 g/mol. The van der Waals surface area contributed by atoms with Crippen LogP contribution in [-0.2, 0) is 16.1 Å². The van der Waals surface area contributed by atoms with Gasteiger partial charge in [-0.2, -0.15) is 0 Å². The standard InChI is InChI=1S/C18H17Cl3N2O2/c1-12(24)23(11-13-4-2-3-5-15(13)20)9-8-18(25)22-17-10-14(19)6-7-16(17)21/h2-7,10H,8-9,11H2,1H3,(H,22,25). The minimum absolute atomic E-state index is 0.131. The predicted octanol–water partition coefficient (Wildman–Crippen LogP) is 5.02. The van der Waals surface area contributed by atoms with Crippen LogP contribution in [0.2, 0.25) is 15.1 Å². The highest BCUT2D eigenvalue weighted by Gasteiger charge is 2.14. The molecule has 4 nitrogen and oxygen atoms in total. The van der Waals surface area contributed by atoms with Gasteiger partial charge in [0.05, 0.1) is 10.7 Å². The molecule has 1 N–H and O–H groups in total. The van der Waals surface area contributed by atoms with Crippen molar-refractivity contribution in [1.29, 1.82) is 0 Å². The number of hydrogen-bond acceptors (Lipinski definition) is 2. The first-order valence-corrected chi connectivity index (χ1v) is 8.74. The fourth-order valence-electron chi connectivity index (χ4n) is 2.22. The number of hydrogen-bond donors (Lipinski definition) is 1. The average molecular weight is 400 g/mol. The number of nitrogens with zero attached hydrogens (tertiary/aromatic N) is 1. The maximum absolute atomic E-state index is 12.1. The Labute approximate surface area is 161 Å². The summed E-state index contributed by atoms with van der Waals surface area (Å²) >= 11 is 18.1. The number of benzene rings is 2. The van der Waals surface area contributed by atoms with Crippen LogP contribution in [-0.4, -0.2) is 23.3 Å². The Hall–Kier alpha value is -1.75. The second kappa shape index (κ2) is 9.09. The normalized spacial score (nSPS) is 10.4. The van der Waals surface area contributed by atoms with E-state index in [2.05, 4.69) is 5.32 Å². The summed E-state index contributed by atoms with van der Waals surface area (Å²) in [6, 6.07) is 12.1. The van der Waals surface area contributed by atoms with Crippen LogP contribution in [0.25, 0.3) is 0 Å². The third kappa shape index (κ3) is 5.92. The van der Waals surface area contributed by atoms with Crippen molar-refractivity contribution in [1.82, 2.24) is 4.90 Å². The molecule has 0 aliphatic carbocycles. The van der Waals surface area contributed by atoms with Gasteiger partial charge in [-0.1, -0.05) is 53.0 Å². The number of halogens is 3. The molecule has 0 fully saturated rings. The molecule has 0 unspecified atom stereocenters. The van der Waals surface area contributed by atoms with E-state index < -0.39 is 0 Å². The molecule has 0 aliphatic rings. The van der Waals surface area contributed by atoms with Crippen LogP contribution < -0.4 is 5.32 Å². The Morgan fingerprint density at radius 1 is 1.04 bits per heavy atom. The van der Waals surface area contributed by atoms with Crippen molar-refractivity contribution in [2.75, 3.05) is 11.9 Å². The molecular weight excluding hydrogens is 383 g/mol. The molecule has 0 aliphatic heterocycles. The summed E-state index contributed by atoms with van der Waals surface area (Å²) in [5.41, 5.74) is 1.28. The molecule has 2 rings (SSSR count). The van der Waals surface area contributed by atoms with Crippen molar-refractivity contribution in [2.45, 2.75) is 19.9 Å². The van der Waals surface area contributed by atoms with Gasteiger partial charge < -0.3 is 10.2 Å². The molecule has 2 amide bonds. The van der Waals surface area contributed by atoms with Gasteiger partial charge in [0.15, 0.2) is 0 Å². The Kier molecular flexibility index (Phi) is 7.12. The number of carbonyl (C=O) groups excluding carboxylic acids is 2. The van der Waals surface area contributed by atoms with E-state index in [0.29, 0.717) is 27.3 Å². The molecule has 0 spiro atoms. The van der Waals surface area contributed by atoms with Gasteiger partial charge in [-0.15, -0.1) is 0 Å². The maximum Gasteiger partial charge on any atom is 0.226 e.